The van der Waals surface area contributed by atoms with Gasteiger partial charge in [0, 0.05) is 6.04 Å². The Balaban J connectivity index is 0.000000216. The first-order valence-corrected chi connectivity index (χ1v) is 17.1. The normalized spacial score (nSPS) is 15.1. The molecule has 4 aromatic rings. The van der Waals surface area contributed by atoms with E-state index in [1.807, 2.05) is 116 Å². The van der Waals surface area contributed by atoms with Gasteiger partial charge in [-0.25, -0.2) is 0 Å². The van der Waals surface area contributed by atoms with Crippen LogP contribution >= 0.6 is 0 Å². The lowest BCUT2D eigenvalue weighted by atomic mass is 9.95. The van der Waals surface area contributed by atoms with Crippen LogP contribution in [0.1, 0.15) is 99.9 Å². The van der Waals surface area contributed by atoms with Gasteiger partial charge in [0.2, 0.25) is 0 Å². The van der Waals surface area contributed by atoms with Crippen molar-refractivity contribution in [2.75, 3.05) is 0 Å². The molecule has 0 heterocycles. The van der Waals surface area contributed by atoms with Crippen molar-refractivity contribution in [3.8, 4) is 11.5 Å². The van der Waals surface area contributed by atoms with Gasteiger partial charge in [0.15, 0.2) is 0 Å². The standard InChI is InChI=1S/C21H24O3.C20H23NO3.CH4/c1-16(13-21(22)23-15-17-7-3-2-4-8-17)18-9-5-12-20(14-18)24-19-10-6-11-19;21-19(13-20(22)23-14-15-6-2-1-3-7-15)16-8-4-11-18(12-16)24-17-9-5-10-17;/h2-5,7-9,12,14,16,19H,6,10-11,13,15H2,1H3;1-4,6-8,11-12,17,19H,5,9-10,13-14,21H2;1H4. The zero-order chi connectivity index (χ0) is 33.6. The van der Waals surface area contributed by atoms with Crippen LogP contribution in [0.2, 0.25) is 0 Å². The van der Waals surface area contributed by atoms with Crippen molar-refractivity contribution in [3.63, 3.8) is 0 Å². The lowest BCUT2D eigenvalue weighted by molar-refractivity contribution is -0.146. The van der Waals surface area contributed by atoms with E-state index in [0.29, 0.717) is 25.2 Å². The maximum atomic E-state index is 12.1. The fourth-order valence-corrected chi connectivity index (χ4v) is 5.33. The van der Waals surface area contributed by atoms with Crippen LogP contribution in [0.4, 0.5) is 0 Å². The molecule has 2 unspecified atom stereocenters. The van der Waals surface area contributed by atoms with E-state index in [4.69, 9.17) is 24.7 Å². The number of carbonyl (C=O) groups is 2. The quantitative estimate of drug-likeness (QED) is 0.134. The first kappa shape index (κ1) is 37.2. The van der Waals surface area contributed by atoms with Crippen molar-refractivity contribution in [2.24, 2.45) is 5.73 Å². The van der Waals surface area contributed by atoms with Crippen LogP contribution in [-0.4, -0.2) is 24.1 Å². The highest BCUT2D eigenvalue weighted by Gasteiger charge is 2.21. The number of benzene rings is 4. The van der Waals surface area contributed by atoms with E-state index in [0.717, 1.165) is 59.4 Å². The van der Waals surface area contributed by atoms with E-state index in [1.54, 1.807) is 0 Å². The lowest BCUT2D eigenvalue weighted by Gasteiger charge is -2.26. The molecule has 0 aliphatic heterocycles. The molecule has 2 aliphatic rings. The second kappa shape index (κ2) is 19.4. The van der Waals surface area contributed by atoms with Gasteiger partial charge in [0.25, 0.3) is 0 Å². The fourth-order valence-electron chi connectivity index (χ4n) is 5.33. The van der Waals surface area contributed by atoms with Crippen LogP contribution in [0.3, 0.4) is 0 Å². The van der Waals surface area contributed by atoms with Crippen molar-refractivity contribution in [1.82, 2.24) is 0 Å². The predicted molar refractivity (Wildman–Crippen MR) is 193 cm³/mol. The third-order valence-electron chi connectivity index (χ3n) is 8.77. The number of carbonyl (C=O) groups excluding carboxylic acids is 2. The molecule has 4 aromatic carbocycles. The van der Waals surface area contributed by atoms with Gasteiger partial charge >= 0.3 is 11.9 Å². The van der Waals surface area contributed by atoms with Crippen molar-refractivity contribution >= 4 is 11.9 Å². The Hall–Kier alpha value is -4.62. The molecule has 2 N–H and O–H groups in total. The summed E-state index contributed by atoms with van der Waals surface area (Å²) in [6, 6.07) is 34.7. The highest BCUT2D eigenvalue weighted by atomic mass is 16.5. The van der Waals surface area contributed by atoms with Crippen molar-refractivity contribution in [3.05, 3.63) is 131 Å². The summed E-state index contributed by atoms with van der Waals surface area (Å²) in [7, 11) is 0. The van der Waals surface area contributed by atoms with Crippen LogP contribution in [0.5, 0.6) is 11.5 Å². The molecule has 2 aliphatic carbocycles. The average molecular weight is 666 g/mol. The Morgan fingerprint density at radius 3 is 1.55 bits per heavy atom. The monoisotopic (exact) mass is 665 g/mol. The maximum absolute atomic E-state index is 12.1. The summed E-state index contributed by atoms with van der Waals surface area (Å²) in [5, 5.41) is 0. The van der Waals surface area contributed by atoms with E-state index in [2.05, 4.69) is 0 Å². The van der Waals surface area contributed by atoms with Gasteiger partial charge in [-0.2, -0.15) is 0 Å². The molecule has 0 aromatic heterocycles. The van der Waals surface area contributed by atoms with Crippen molar-refractivity contribution < 1.29 is 28.5 Å². The molecule has 0 saturated heterocycles. The maximum Gasteiger partial charge on any atom is 0.308 e. The number of nitrogens with two attached hydrogens (primary N) is 1. The number of esters is 2. The van der Waals surface area contributed by atoms with Gasteiger partial charge in [-0.15, -0.1) is 0 Å². The molecule has 0 amide bonds. The van der Waals surface area contributed by atoms with Crippen LogP contribution in [0.15, 0.2) is 109 Å². The average Bonchev–Trinajstić information content (AvgIpc) is 3.08. The molecule has 2 fully saturated rings. The molecule has 2 saturated carbocycles. The van der Waals surface area contributed by atoms with E-state index in [-0.39, 0.29) is 38.3 Å². The molecule has 7 heteroatoms. The largest absolute Gasteiger partial charge is 0.490 e. The SMILES string of the molecule is C.CC(CC(=O)OCc1ccccc1)c1cccc(OC2CCC2)c1.NC(CC(=O)OCc1ccccc1)c1cccc(OC2CCC2)c1. The molecule has 2 atom stereocenters. The lowest BCUT2D eigenvalue weighted by Crippen LogP contribution is -2.24. The van der Waals surface area contributed by atoms with Gasteiger partial charge in [-0.1, -0.05) is 99.3 Å². The minimum absolute atomic E-state index is 0. The molecule has 0 radical (unpaired) electrons. The zero-order valence-electron chi connectivity index (χ0n) is 27.8. The topological polar surface area (TPSA) is 97.1 Å². The molecule has 0 bridgehead atoms. The Kier molecular flexibility index (Phi) is 14.7. The molecule has 0 spiro atoms. The fraction of sp³-hybridized carbons (Fsp3) is 0.381. The predicted octanol–water partition coefficient (Wildman–Crippen LogP) is 9.24. The summed E-state index contributed by atoms with van der Waals surface area (Å²) in [5.74, 6) is 1.37. The van der Waals surface area contributed by atoms with Crippen LogP contribution in [0.25, 0.3) is 0 Å². The Morgan fingerprint density at radius 2 is 1.08 bits per heavy atom. The number of rotatable bonds is 14. The summed E-state index contributed by atoms with van der Waals surface area (Å²) in [6.07, 6.45) is 8.23. The van der Waals surface area contributed by atoms with Gasteiger partial charge in [0.1, 0.15) is 24.7 Å². The highest BCUT2D eigenvalue weighted by Crippen LogP contribution is 2.29. The minimum Gasteiger partial charge on any atom is -0.490 e. The zero-order valence-corrected chi connectivity index (χ0v) is 27.8. The van der Waals surface area contributed by atoms with E-state index in [9.17, 15) is 9.59 Å². The Labute approximate surface area is 291 Å². The summed E-state index contributed by atoms with van der Waals surface area (Å²) >= 11 is 0. The molecule has 260 valence electrons. The third kappa shape index (κ3) is 12.4. The second-order valence-electron chi connectivity index (χ2n) is 12.7. The number of hydrogen-bond acceptors (Lipinski definition) is 7. The molecular weight excluding hydrogens is 614 g/mol. The molecular formula is C42H51NO6. The smallest absolute Gasteiger partial charge is 0.308 e. The molecule has 7 nitrogen and oxygen atoms in total. The molecule has 6 rings (SSSR count). The molecule has 49 heavy (non-hydrogen) atoms. The van der Waals surface area contributed by atoms with Gasteiger partial charge in [-0.3, -0.25) is 9.59 Å². The van der Waals surface area contributed by atoms with E-state index in [1.165, 1.54) is 12.8 Å². The van der Waals surface area contributed by atoms with Gasteiger partial charge < -0.3 is 24.7 Å². The second-order valence-corrected chi connectivity index (χ2v) is 12.7. The summed E-state index contributed by atoms with van der Waals surface area (Å²) in [4.78, 5) is 24.0. The number of hydrogen-bond donors (Lipinski definition) is 1. The first-order chi connectivity index (χ1) is 23.4. The Morgan fingerprint density at radius 1 is 0.633 bits per heavy atom. The third-order valence-corrected chi connectivity index (χ3v) is 8.77. The minimum atomic E-state index is -0.391. The van der Waals surface area contributed by atoms with Gasteiger partial charge in [0.05, 0.1) is 25.0 Å². The van der Waals surface area contributed by atoms with E-state index < -0.39 is 6.04 Å². The first-order valence-electron chi connectivity index (χ1n) is 17.1. The van der Waals surface area contributed by atoms with Crippen molar-refractivity contribution in [2.45, 2.75) is 103 Å². The van der Waals surface area contributed by atoms with Crippen LogP contribution < -0.4 is 15.2 Å². The summed E-state index contributed by atoms with van der Waals surface area (Å²) in [5.41, 5.74) is 10.1. The Bertz CT molecular complexity index is 1450. The van der Waals surface area contributed by atoms with Crippen molar-refractivity contribution in [1.29, 1.82) is 0 Å². The summed E-state index contributed by atoms with van der Waals surface area (Å²) < 4.78 is 22.5. The van der Waals surface area contributed by atoms with Crippen LogP contribution in [0, 0.1) is 0 Å². The van der Waals surface area contributed by atoms with Gasteiger partial charge in [-0.05, 0) is 91.0 Å². The highest BCUT2D eigenvalue weighted by molar-refractivity contribution is 5.71. The van der Waals surface area contributed by atoms with E-state index >= 15 is 0 Å². The summed E-state index contributed by atoms with van der Waals surface area (Å²) in [6.45, 7) is 2.65. The van der Waals surface area contributed by atoms with Crippen LogP contribution in [-0.2, 0) is 32.3 Å². The number of ether oxygens (including phenoxy) is 4.